The van der Waals surface area contributed by atoms with Crippen molar-refractivity contribution in [2.75, 3.05) is 31.6 Å². The summed E-state index contributed by atoms with van der Waals surface area (Å²) in [6.45, 7) is 2.75. The zero-order chi connectivity index (χ0) is 32.9. The number of carbonyl (C=O) groups excluding carboxylic acids is 2. The highest BCUT2D eigenvalue weighted by atomic mass is 32.2. The number of cyclic esters (lactones) is 1. The molecule has 4 rings (SSSR count). The minimum Gasteiger partial charge on any atom is -0.494 e. The van der Waals surface area contributed by atoms with Crippen LogP contribution in [0.15, 0.2) is 71.6 Å². The number of nitrogens with zero attached hydrogens (tertiary/aromatic N) is 2. The van der Waals surface area contributed by atoms with E-state index in [0.29, 0.717) is 5.56 Å². The number of halogens is 3. The lowest BCUT2D eigenvalue weighted by Crippen LogP contribution is -2.53. The molecule has 1 fully saturated rings. The number of benzene rings is 3. The molecule has 0 bridgehead atoms. The minimum absolute atomic E-state index is 0.0143. The molecule has 0 saturated carbocycles. The number of hydrogen-bond acceptors (Lipinski definition) is 7. The normalized spacial score (nSPS) is 16.5. The number of hydrogen-bond donors (Lipinski definition) is 2. The van der Waals surface area contributed by atoms with Crippen LogP contribution in [0.5, 0.6) is 5.75 Å². The monoisotopic (exact) mass is 649 g/mol. The molecule has 0 unspecified atom stereocenters. The van der Waals surface area contributed by atoms with E-state index in [2.05, 4.69) is 5.32 Å². The molecule has 1 saturated heterocycles. The Bertz CT molecular complexity index is 1630. The Morgan fingerprint density at radius 3 is 2.38 bits per heavy atom. The van der Waals surface area contributed by atoms with E-state index in [1.165, 1.54) is 25.3 Å². The van der Waals surface area contributed by atoms with Gasteiger partial charge in [0.15, 0.2) is 29.3 Å². The molecule has 3 aromatic carbocycles. The number of aliphatic hydroxyl groups excluding tert-OH is 1. The highest BCUT2D eigenvalue weighted by Gasteiger charge is 2.39. The molecule has 0 aliphatic carbocycles. The maximum atomic E-state index is 14.5. The summed E-state index contributed by atoms with van der Waals surface area (Å²) < 4.78 is 80.0. The SMILES string of the molecule is COc1ccc(S(=O)(=O)N(CC(C)C)C[C@@H](O)[C@H](Cc2ccccc2)NC(=O)[C@@H]2CN(c3ccc(F)c(F)c3)C(=O)O2)cc1F. The molecule has 1 heterocycles. The average molecular weight is 650 g/mol. The molecule has 2 N–H and O–H groups in total. The van der Waals surface area contributed by atoms with E-state index in [1.807, 2.05) is 0 Å². The van der Waals surface area contributed by atoms with Crippen LogP contribution < -0.4 is 15.0 Å². The van der Waals surface area contributed by atoms with Crippen molar-refractivity contribution in [1.29, 1.82) is 0 Å². The fourth-order valence-electron chi connectivity index (χ4n) is 4.86. The van der Waals surface area contributed by atoms with Crippen LogP contribution in [0.4, 0.5) is 23.7 Å². The van der Waals surface area contributed by atoms with Crippen LogP contribution in [0.3, 0.4) is 0 Å². The Labute approximate surface area is 259 Å². The van der Waals surface area contributed by atoms with Crippen molar-refractivity contribution in [2.24, 2.45) is 5.92 Å². The van der Waals surface area contributed by atoms with Gasteiger partial charge in [0.05, 0.1) is 36.4 Å². The van der Waals surface area contributed by atoms with E-state index in [0.717, 1.165) is 27.4 Å². The Balaban J connectivity index is 1.56. The van der Waals surface area contributed by atoms with E-state index in [-0.39, 0.29) is 41.8 Å². The first-order valence-corrected chi connectivity index (χ1v) is 15.5. The number of nitrogens with one attached hydrogen (secondary N) is 1. The number of ether oxygens (including phenoxy) is 2. The van der Waals surface area contributed by atoms with Gasteiger partial charge in [0, 0.05) is 19.2 Å². The predicted octanol–water partition coefficient (Wildman–Crippen LogP) is 3.87. The third-order valence-corrected chi connectivity index (χ3v) is 8.96. The summed E-state index contributed by atoms with van der Waals surface area (Å²) >= 11 is 0. The first-order chi connectivity index (χ1) is 21.3. The van der Waals surface area contributed by atoms with Gasteiger partial charge in [-0.15, -0.1) is 0 Å². The summed E-state index contributed by atoms with van der Waals surface area (Å²) in [6.07, 6.45) is -3.71. The first kappa shape index (κ1) is 33.7. The third kappa shape index (κ3) is 8.12. The molecule has 10 nitrogen and oxygen atoms in total. The zero-order valence-electron chi connectivity index (χ0n) is 24.8. The van der Waals surface area contributed by atoms with Gasteiger partial charge < -0.3 is 19.9 Å². The minimum atomic E-state index is -4.31. The highest BCUT2D eigenvalue weighted by molar-refractivity contribution is 7.89. The van der Waals surface area contributed by atoms with E-state index in [1.54, 1.807) is 44.2 Å². The molecular weight excluding hydrogens is 615 g/mol. The molecule has 3 atom stereocenters. The Hall–Kier alpha value is -4.14. The van der Waals surface area contributed by atoms with Crippen LogP contribution >= 0.6 is 0 Å². The smallest absolute Gasteiger partial charge is 0.415 e. The molecule has 1 aliphatic heterocycles. The van der Waals surface area contributed by atoms with Gasteiger partial charge in [-0.3, -0.25) is 9.69 Å². The van der Waals surface area contributed by atoms with E-state index < -0.39 is 64.3 Å². The number of anilines is 1. The molecule has 0 spiro atoms. The van der Waals surface area contributed by atoms with Crippen LogP contribution in [0, 0.1) is 23.4 Å². The maximum Gasteiger partial charge on any atom is 0.415 e. The van der Waals surface area contributed by atoms with E-state index >= 15 is 0 Å². The van der Waals surface area contributed by atoms with Crippen LogP contribution in [0.25, 0.3) is 0 Å². The van der Waals surface area contributed by atoms with Crippen molar-refractivity contribution in [1.82, 2.24) is 9.62 Å². The number of sulfonamides is 1. The Kier molecular flexibility index (Phi) is 10.7. The third-order valence-electron chi connectivity index (χ3n) is 7.13. The average Bonchev–Trinajstić information content (AvgIpc) is 3.39. The van der Waals surface area contributed by atoms with Crippen LogP contribution in [0.1, 0.15) is 19.4 Å². The Morgan fingerprint density at radius 1 is 1.04 bits per heavy atom. The molecule has 0 radical (unpaired) electrons. The molecule has 1 aliphatic rings. The molecule has 2 amide bonds. The quantitative estimate of drug-likeness (QED) is 0.288. The molecular formula is C31H34F3N3O7S. The summed E-state index contributed by atoms with van der Waals surface area (Å²) in [6, 6.07) is 13.8. The number of methoxy groups -OCH3 is 1. The lowest BCUT2D eigenvalue weighted by Gasteiger charge is -2.31. The van der Waals surface area contributed by atoms with Crippen molar-refractivity contribution in [3.63, 3.8) is 0 Å². The second kappa shape index (κ2) is 14.3. The van der Waals surface area contributed by atoms with Crippen molar-refractivity contribution < 1.29 is 45.8 Å². The van der Waals surface area contributed by atoms with E-state index in [9.17, 15) is 36.3 Å². The van der Waals surface area contributed by atoms with Gasteiger partial charge in [-0.25, -0.2) is 26.4 Å². The maximum absolute atomic E-state index is 14.5. The lowest BCUT2D eigenvalue weighted by atomic mass is 10.0. The number of aliphatic hydroxyl groups is 1. The van der Waals surface area contributed by atoms with Crippen LogP contribution in [-0.2, 0) is 26.0 Å². The van der Waals surface area contributed by atoms with Gasteiger partial charge in [0.1, 0.15) is 0 Å². The molecule has 3 aromatic rings. The van der Waals surface area contributed by atoms with Crippen molar-refractivity contribution in [3.05, 3.63) is 89.7 Å². The van der Waals surface area contributed by atoms with Gasteiger partial charge in [0.25, 0.3) is 5.91 Å². The van der Waals surface area contributed by atoms with Crippen LogP contribution in [-0.4, -0.2) is 74.8 Å². The summed E-state index contributed by atoms with van der Waals surface area (Å²) in [5, 5.41) is 14.1. The van der Waals surface area contributed by atoms with Gasteiger partial charge in [-0.2, -0.15) is 4.31 Å². The van der Waals surface area contributed by atoms with Crippen LogP contribution in [0.2, 0.25) is 0 Å². The number of amides is 2. The number of carbonyl (C=O) groups is 2. The predicted molar refractivity (Wildman–Crippen MR) is 159 cm³/mol. The number of rotatable bonds is 13. The summed E-state index contributed by atoms with van der Waals surface area (Å²) in [4.78, 5) is 26.5. The molecule has 242 valence electrons. The zero-order valence-corrected chi connectivity index (χ0v) is 25.6. The van der Waals surface area contributed by atoms with Crippen molar-refractivity contribution in [3.8, 4) is 5.75 Å². The fourth-order valence-corrected chi connectivity index (χ4v) is 6.49. The van der Waals surface area contributed by atoms with Crippen molar-refractivity contribution >= 4 is 27.7 Å². The Morgan fingerprint density at radius 2 is 1.76 bits per heavy atom. The highest BCUT2D eigenvalue weighted by Crippen LogP contribution is 2.26. The summed E-state index contributed by atoms with van der Waals surface area (Å²) in [5.74, 6) is -4.27. The van der Waals surface area contributed by atoms with Gasteiger partial charge >= 0.3 is 6.09 Å². The largest absolute Gasteiger partial charge is 0.494 e. The fraction of sp³-hybridized carbons (Fsp3) is 0.355. The topological polar surface area (TPSA) is 125 Å². The van der Waals surface area contributed by atoms with Gasteiger partial charge in [-0.05, 0) is 48.2 Å². The lowest BCUT2D eigenvalue weighted by molar-refractivity contribution is -0.129. The second-order valence-corrected chi connectivity index (χ2v) is 12.9. The standard InChI is InChI=1S/C31H34F3N3O7S/c1-19(2)16-36(45(41,42)22-10-12-28(43-3)25(34)15-22)17-27(38)26(13-20-7-5-4-6-8-20)35-30(39)29-18-37(31(40)44-29)21-9-11-23(32)24(33)14-21/h4-12,14-15,19,26-27,29,38H,13,16-18H2,1-3H3,(H,35,39)/t26-,27+,29-/m0/s1. The molecule has 14 heteroatoms. The summed E-state index contributed by atoms with van der Waals surface area (Å²) in [7, 11) is -3.06. The molecule has 45 heavy (non-hydrogen) atoms. The van der Waals surface area contributed by atoms with Gasteiger partial charge in [-0.1, -0.05) is 44.2 Å². The van der Waals surface area contributed by atoms with Gasteiger partial charge in [0.2, 0.25) is 10.0 Å². The first-order valence-electron chi connectivity index (χ1n) is 14.1. The summed E-state index contributed by atoms with van der Waals surface area (Å²) in [5.41, 5.74) is 0.698. The molecule has 0 aromatic heterocycles. The second-order valence-electron chi connectivity index (χ2n) is 11.0. The van der Waals surface area contributed by atoms with E-state index in [4.69, 9.17) is 9.47 Å². The van der Waals surface area contributed by atoms with Crippen molar-refractivity contribution in [2.45, 2.75) is 43.4 Å².